The number of rotatable bonds is 2. The fraction of sp³-hybridized carbons (Fsp3) is 0.600. The molecule has 26 heavy (non-hydrogen) atoms. The Bertz CT molecular complexity index is 743. The Morgan fingerprint density at radius 3 is 2.69 bits per heavy atom. The van der Waals surface area contributed by atoms with E-state index >= 15 is 0 Å². The van der Waals surface area contributed by atoms with Gasteiger partial charge in [0, 0.05) is 39.8 Å². The monoisotopic (exact) mass is 403 g/mol. The van der Waals surface area contributed by atoms with Gasteiger partial charge in [-0.2, -0.15) is 5.10 Å². The SMILES string of the molecule is Cl.Cl.Cn1ncc2c(N3CCN(C(=O)C4COCCN4)CC3)ncnc21. The van der Waals surface area contributed by atoms with Gasteiger partial charge >= 0.3 is 0 Å². The molecule has 0 aliphatic carbocycles. The average Bonchev–Trinajstić information content (AvgIpc) is 3.03. The van der Waals surface area contributed by atoms with E-state index in [9.17, 15) is 4.79 Å². The third kappa shape index (κ3) is 3.85. The van der Waals surface area contributed by atoms with Crippen molar-refractivity contribution in [3.8, 4) is 0 Å². The molecule has 0 aromatic carbocycles. The van der Waals surface area contributed by atoms with Crippen molar-refractivity contribution in [2.75, 3.05) is 50.8 Å². The number of amides is 1. The summed E-state index contributed by atoms with van der Waals surface area (Å²) < 4.78 is 7.13. The third-order valence-electron chi connectivity index (χ3n) is 4.62. The lowest BCUT2D eigenvalue weighted by Gasteiger charge is -2.37. The van der Waals surface area contributed by atoms with Crippen molar-refractivity contribution in [2.45, 2.75) is 6.04 Å². The molecule has 144 valence electrons. The van der Waals surface area contributed by atoms with E-state index in [0.29, 0.717) is 26.3 Å². The number of aryl methyl sites for hydroxylation is 1. The number of nitrogens with zero attached hydrogens (tertiary/aromatic N) is 6. The summed E-state index contributed by atoms with van der Waals surface area (Å²) in [7, 11) is 1.87. The number of hydrogen-bond donors (Lipinski definition) is 1. The van der Waals surface area contributed by atoms with Gasteiger partial charge in [-0.25, -0.2) is 9.97 Å². The Labute approximate surface area is 163 Å². The molecule has 1 atom stereocenters. The number of carbonyl (C=O) groups is 1. The van der Waals surface area contributed by atoms with Crippen LogP contribution in [0.3, 0.4) is 0 Å². The molecule has 2 aromatic rings. The Morgan fingerprint density at radius 2 is 2.00 bits per heavy atom. The minimum atomic E-state index is -0.214. The zero-order chi connectivity index (χ0) is 16.5. The van der Waals surface area contributed by atoms with Gasteiger partial charge in [0.1, 0.15) is 18.2 Å². The molecule has 2 aliphatic rings. The number of ether oxygens (including phenoxy) is 1. The lowest BCUT2D eigenvalue weighted by Crippen LogP contribution is -2.57. The zero-order valence-electron chi connectivity index (χ0n) is 14.5. The molecule has 0 spiro atoms. The second-order valence-electron chi connectivity index (χ2n) is 6.10. The number of hydrogen-bond acceptors (Lipinski definition) is 7. The molecule has 0 saturated carbocycles. The van der Waals surface area contributed by atoms with Gasteiger partial charge in [-0.1, -0.05) is 0 Å². The van der Waals surface area contributed by atoms with Crippen LogP contribution >= 0.6 is 24.8 Å². The lowest BCUT2D eigenvalue weighted by atomic mass is 10.2. The fourth-order valence-electron chi connectivity index (χ4n) is 3.28. The summed E-state index contributed by atoms with van der Waals surface area (Å²) in [4.78, 5) is 25.3. The van der Waals surface area contributed by atoms with Crippen molar-refractivity contribution in [3.63, 3.8) is 0 Å². The number of anilines is 1. The molecule has 1 N–H and O–H groups in total. The van der Waals surface area contributed by atoms with Crippen molar-refractivity contribution < 1.29 is 9.53 Å². The van der Waals surface area contributed by atoms with Crippen molar-refractivity contribution in [1.29, 1.82) is 0 Å². The van der Waals surface area contributed by atoms with Gasteiger partial charge in [0.05, 0.1) is 24.8 Å². The molecule has 4 rings (SSSR count). The predicted molar refractivity (Wildman–Crippen MR) is 102 cm³/mol. The highest BCUT2D eigenvalue weighted by Gasteiger charge is 2.29. The summed E-state index contributed by atoms with van der Waals surface area (Å²) >= 11 is 0. The summed E-state index contributed by atoms with van der Waals surface area (Å²) in [5.41, 5.74) is 0.821. The number of aromatic nitrogens is 4. The first-order chi connectivity index (χ1) is 11.7. The Hall–Kier alpha value is -1.68. The van der Waals surface area contributed by atoms with E-state index in [1.807, 2.05) is 11.9 Å². The van der Waals surface area contributed by atoms with Crippen molar-refractivity contribution in [2.24, 2.45) is 7.05 Å². The molecular formula is C15H23Cl2N7O2. The topological polar surface area (TPSA) is 88.4 Å². The minimum Gasteiger partial charge on any atom is -0.378 e. The van der Waals surface area contributed by atoms with E-state index in [1.165, 1.54) is 0 Å². The maximum absolute atomic E-state index is 12.5. The summed E-state index contributed by atoms with van der Waals surface area (Å²) in [6.07, 6.45) is 3.37. The van der Waals surface area contributed by atoms with E-state index < -0.39 is 0 Å². The maximum Gasteiger partial charge on any atom is 0.242 e. The molecule has 0 bridgehead atoms. The predicted octanol–water partition coefficient (Wildman–Crippen LogP) is -0.156. The van der Waals surface area contributed by atoms with Crippen LogP contribution in [0.15, 0.2) is 12.5 Å². The van der Waals surface area contributed by atoms with Crippen LogP contribution in [0.1, 0.15) is 0 Å². The minimum absolute atomic E-state index is 0. The van der Waals surface area contributed by atoms with Crippen LogP contribution in [-0.4, -0.2) is 82.5 Å². The molecule has 2 saturated heterocycles. The van der Waals surface area contributed by atoms with Crippen LogP contribution in [0.25, 0.3) is 11.0 Å². The molecule has 1 amide bonds. The lowest BCUT2D eigenvalue weighted by molar-refractivity contribution is -0.136. The second-order valence-corrected chi connectivity index (χ2v) is 6.10. The highest BCUT2D eigenvalue weighted by Crippen LogP contribution is 2.23. The van der Waals surface area contributed by atoms with Gasteiger partial charge in [0.15, 0.2) is 5.65 Å². The Morgan fingerprint density at radius 1 is 1.23 bits per heavy atom. The molecule has 4 heterocycles. The van der Waals surface area contributed by atoms with Crippen LogP contribution in [0.4, 0.5) is 5.82 Å². The van der Waals surface area contributed by atoms with E-state index in [2.05, 4.69) is 25.3 Å². The van der Waals surface area contributed by atoms with E-state index in [0.717, 1.165) is 36.5 Å². The van der Waals surface area contributed by atoms with Gasteiger partial charge < -0.3 is 19.9 Å². The normalized spacial score (nSPS) is 20.4. The average molecular weight is 404 g/mol. The van der Waals surface area contributed by atoms with Gasteiger partial charge in [0.2, 0.25) is 5.91 Å². The fourth-order valence-corrected chi connectivity index (χ4v) is 3.28. The molecular weight excluding hydrogens is 381 g/mol. The quantitative estimate of drug-likeness (QED) is 0.745. The number of morpholine rings is 1. The smallest absolute Gasteiger partial charge is 0.242 e. The highest BCUT2D eigenvalue weighted by atomic mass is 35.5. The number of piperazine rings is 1. The second kappa shape index (κ2) is 8.81. The standard InChI is InChI=1S/C15H21N7O2.2ClH/c1-20-13-11(8-19-20)14(18-10-17-13)21-3-5-22(6-4-21)15(23)12-9-24-7-2-16-12;;/h8,10,12,16H,2-7,9H2,1H3;2*1H. The van der Waals surface area contributed by atoms with Gasteiger partial charge in [-0.3, -0.25) is 9.48 Å². The van der Waals surface area contributed by atoms with Crippen molar-refractivity contribution in [1.82, 2.24) is 30.0 Å². The molecule has 0 radical (unpaired) electrons. The molecule has 2 aromatic heterocycles. The van der Waals surface area contributed by atoms with E-state index in [4.69, 9.17) is 4.74 Å². The van der Waals surface area contributed by atoms with Gasteiger partial charge in [-0.05, 0) is 0 Å². The van der Waals surface area contributed by atoms with Crippen LogP contribution in [0.2, 0.25) is 0 Å². The van der Waals surface area contributed by atoms with Crippen molar-refractivity contribution >= 4 is 47.6 Å². The molecule has 11 heteroatoms. The molecule has 2 aliphatic heterocycles. The summed E-state index contributed by atoms with van der Waals surface area (Å²) in [5.74, 6) is 1.02. The first kappa shape index (κ1) is 20.6. The van der Waals surface area contributed by atoms with E-state index in [-0.39, 0.29) is 36.8 Å². The first-order valence-corrected chi connectivity index (χ1v) is 8.21. The summed E-state index contributed by atoms with van der Waals surface area (Å²) in [5, 5.41) is 8.43. The van der Waals surface area contributed by atoms with Gasteiger partial charge in [0.25, 0.3) is 0 Å². The number of halogens is 2. The summed E-state index contributed by atoms with van der Waals surface area (Å²) in [6, 6.07) is -0.214. The Kier molecular flexibility index (Phi) is 6.99. The molecule has 9 nitrogen and oxygen atoms in total. The number of nitrogens with one attached hydrogen (secondary N) is 1. The first-order valence-electron chi connectivity index (χ1n) is 8.21. The van der Waals surface area contributed by atoms with Crippen LogP contribution < -0.4 is 10.2 Å². The number of fused-ring (bicyclic) bond motifs is 1. The molecule has 2 fully saturated rings. The largest absolute Gasteiger partial charge is 0.378 e. The van der Waals surface area contributed by atoms with Gasteiger partial charge in [-0.15, -0.1) is 24.8 Å². The zero-order valence-corrected chi connectivity index (χ0v) is 16.1. The molecule has 1 unspecified atom stereocenters. The highest BCUT2D eigenvalue weighted by molar-refractivity contribution is 5.87. The van der Waals surface area contributed by atoms with Crippen LogP contribution in [0.5, 0.6) is 0 Å². The van der Waals surface area contributed by atoms with Crippen LogP contribution in [0, 0.1) is 0 Å². The van der Waals surface area contributed by atoms with Crippen LogP contribution in [-0.2, 0) is 16.6 Å². The van der Waals surface area contributed by atoms with E-state index in [1.54, 1.807) is 17.2 Å². The summed E-state index contributed by atoms with van der Waals surface area (Å²) in [6.45, 7) is 4.73. The maximum atomic E-state index is 12.5. The third-order valence-corrected chi connectivity index (χ3v) is 4.62. The van der Waals surface area contributed by atoms with Crippen molar-refractivity contribution in [3.05, 3.63) is 12.5 Å². The number of carbonyl (C=O) groups excluding carboxylic acids is 1. The Balaban J connectivity index is 0.00000121.